The molecule has 0 atom stereocenters. The molecule has 1 aromatic rings. The van der Waals surface area contributed by atoms with Crippen LogP contribution < -0.4 is 4.90 Å². The smallest absolute Gasteiger partial charge is 0.345 e. The average Bonchev–Trinajstić information content (AvgIpc) is 2.65. The number of hydrogen-bond donors (Lipinski definition) is 1. The molecule has 15 heavy (non-hydrogen) atoms. The molecular weight excluding hydrogens is 218 g/mol. The second-order valence-electron chi connectivity index (χ2n) is 3.77. The van der Waals surface area contributed by atoms with Crippen LogP contribution in [0.3, 0.4) is 0 Å². The van der Waals surface area contributed by atoms with Gasteiger partial charge in [-0.3, -0.25) is 10.1 Å². The third kappa shape index (κ3) is 2.42. The zero-order chi connectivity index (χ0) is 11.6. The number of likely N-dealkylation sites (N-methyl/N-ethyl adjacent to an activating group) is 1. The Morgan fingerprint density at radius 1 is 1.73 bits per heavy atom. The highest BCUT2D eigenvalue weighted by atomic mass is 32.1. The molecule has 0 bridgehead atoms. The van der Waals surface area contributed by atoms with Gasteiger partial charge in [-0.25, -0.2) is 4.98 Å². The fraction of sp³-hybridized carbons (Fsp3) is 0.625. The van der Waals surface area contributed by atoms with Gasteiger partial charge in [-0.2, -0.15) is 0 Å². The van der Waals surface area contributed by atoms with Crippen LogP contribution in [0.15, 0.2) is 6.20 Å². The standard InChI is InChI=1S/C8H13N3O3S/c1-8(2,5-12)10(3)7-9-4-6(15-7)11(13)14/h4,12H,5H2,1-3H3. The predicted molar refractivity (Wildman–Crippen MR) is 58.3 cm³/mol. The summed E-state index contributed by atoms with van der Waals surface area (Å²) in [5.74, 6) is 0. The second kappa shape index (κ2) is 4.11. The van der Waals surface area contributed by atoms with Crippen LogP contribution in [0.25, 0.3) is 0 Å². The van der Waals surface area contributed by atoms with Crippen LogP contribution in [0.2, 0.25) is 0 Å². The highest BCUT2D eigenvalue weighted by Gasteiger charge is 2.26. The Hall–Kier alpha value is -1.21. The third-order valence-electron chi connectivity index (χ3n) is 2.24. The first kappa shape index (κ1) is 11.9. The summed E-state index contributed by atoms with van der Waals surface area (Å²) in [5, 5.41) is 20.1. The molecule has 0 spiro atoms. The lowest BCUT2D eigenvalue weighted by Crippen LogP contribution is -2.44. The van der Waals surface area contributed by atoms with Crippen LogP contribution in [0, 0.1) is 10.1 Å². The summed E-state index contributed by atoms with van der Waals surface area (Å²) >= 11 is 0.996. The topological polar surface area (TPSA) is 79.5 Å². The van der Waals surface area contributed by atoms with Crippen molar-refractivity contribution in [2.24, 2.45) is 0 Å². The fourth-order valence-electron chi connectivity index (χ4n) is 0.861. The molecule has 7 heteroatoms. The van der Waals surface area contributed by atoms with E-state index in [1.54, 1.807) is 11.9 Å². The molecule has 1 heterocycles. The molecule has 0 saturated carbocycles. The van der Waals surface area contributed by atoms with Crippen molar-refractivity contribution in [2.45, 2.75) is 19.4 Å². The van der Waals surface area contributed by atoms with Gasteiger partial charge < -0.3 is 10.0 Å². The maximum Gasteiger partial charge on any atom is 0.345 e. The maximum atomic E-state index is 10.5. The summed E-state index contributed by atoms with van der Waals surface area (Å²) in [5.41, 5.74) is -0.480. The van der Waals surface area contributed by atoms with E-state index in [9.17, 15) is 10.1 Å². The van der Waals surface area contributed by atoms with E-state index in [-0.39, 0.29) is 11.6 Å². The van der Waals surface area contributed by atoms with Gasteiger partial charge in [0.1, 0.15) is 6.20 Å². The highest BCUT2D eigenvalue weighted by Crippen LogP contribution is 2.30. The number of nitro groups is 1. The maximum absolute atomic E-state index is 10.5. The first-order chi connectivity index (χ1) is 6.88. The van der Waals surface area contributed by atoms with Crippen molar-refractivity contribution in [1.29, 1.82) is 0 Å². The van der Waals surface area contributed by atoms with Crippen LogP contribution in [0.1, 0.15) is 13.8 Å². The summed E-state index contributed by atoms with van der Waals surface area (Å²) in [6.45, 7) is 3.62. The minimum atomic E-state index is -0.480. The molecule has 0 aromatic carbocycles. The van der Waals surface area contributed by atoms with Gasteiger partial charge in [0, 0.05) is 7.05 Å². The van der Waals surface area contributed by atoms with Crippen molar-refractivity contribution in [2.75, 3.05) is 18.6 Å². The molecule has 0 amide bonds. The predicted octanol–water partition coefficient (Wildman–Crippen LogP) is 1.26. The van der Waals surface area contributed by atoms with E-state index in [1.807, 2.05) is 13.8 Å². The Labute approximate surface area is 91.3 Å². The lowest BCUT2D eigenvalue weighted by Gasteiger charge is -2.33. The van der Waals surface area contributed by atoms with Crippen LogP contribution in [0.5, 0.6) is 0 Å². The first-order valence-corrected chi connectivity index (χ1v) is 5.15. The zero-order valence-corrected chi connectivity index (χ0v) is 9.61. The van der Waals surface area contributed by atoms with Gasteiger partial charge in [-0.05, 0) is 25.2 Å². The molecule has 0 aliphatic carbocycles. The number of aromatic nitrogens is 1. The first-order valence-electron chi connectivity index (χ1n) is 4.33. The number of nitrogens with zero attached hydrogens (tertiary/aromatic N) is 3. The summed E-state index contributed by atoms with van der Waals surface area (Å²) in [6, 6.07) is 0. The number of hydrogen-bond acceptors (Lipinski definition) is 6. The Morgan fingerprint density at radius 3 is 2.73 bits per heavy atom. The largest absolute Gasteiger partial charge is 0.394 e. The normalized spacial score (nSPS) is 11.5. The summed E-state index contributed by atoms with van der Waals surface area (Å²) in [7, 11) is 1.75. The van der Waals surface area contributed by atoms with Crippen LogP contribution in [-0.2, 0) is 0 Å². The average molecular weight is 231 g/mol. The van der Waals surface area contributed by atoms with Gasteiger partial charge in [0.15, 0.2) is 5.13 Å². The van der Waals surface area contributed by atoms with Gasteiger partial charge in [0.25, 0.3) is 0 Å². The number of aliphatic hydroxyl groups is 1. The van der Waals surface area contributed by atoms with E-state index in [4.69, 9.17) is 5.11 Å². The van der Waals surface area contributed by atoms with Crippen molar-refractivity contribution in [3.63, 3.8) is 0 Å². The minimum Gasteiger partial charge on any atom is -0.394 e. The molecule has 0 aliphatic rings. The molecule has 6 nitrogen and oxygen atoms in total. The monoisotopic (exact) mass is 231 g/mol. The Balaban J connectivity index is 2.92. The van der Waals surface area contributed by atoms with E-state index in [1.165, 1.54) is 6.20 Å². The molecule has 0 unspecified atom stereocenters. The summed E-state index contributed by atoms with van der Waals surface area (Å²) in [4.78, 5) is 15.7. The van der Waals surface area contributed by atoms with Gasteiger partial charge in [0.2, 0.25) is 0 Å². The van der Waals surface area contributed by atoms with Crippen LogP contribution in [-0.4, -0.2) is 34.2 Å². The molecule has 1 rings (SSSR count). The van der Waals surface area contributed by atoms with Gasteiger partial charge in [-0.15, -0.1) is 0 Å². The second-order valence-corrected chi connectivity index (χ2v) is 4.76. The minimum absolute atomic E-state index is 0.00518. The van der Waals surface area contributed by atoms with Crippen molar-refractivity contribution in [3.05, 3.63) is 16.3 Å². The Morgan fingerprint density at radius 2 is 2.33 bits per heavy atom. The van der Waals surface area contributed by atoms with E-state index in [0.29, 0.717) is 5.13 Å². The number of anilines is 1. The Kier molecular flexibility index (Phi) is 3.25. The molecule has 0 fully saturated rings. The number of thiazole rings is 1. The zero-order valence-electron chi connectivity index (χ0n) is 8.80. The van der Waals surface area contributed by atoms with Crippen molar-refractivity contribution in [1.82, 2.24) is 4.98 Å². The van der Waals surface area contributed by atoms with Crippen LogP contribution in [0.4, 0.5) is 10.1 Å². The molecule has 1 N–H and O–H groups in total. The molecule has 1 aromatic heterocycles. The van der Waals surface area contributed by atoms with Crippen molar-refractivity contribution in [3.8, 4) is 0 Å². The van der Waals surface area contributed by atoms with Crippen molar-refractivity contribution < 1.29 is 10.0 Å². The van der Waals surface area contributed by atoms with Crippen molar-refractivity contribution >= 4 is 21.5 Å². The van der Waals surface area contributed by atoms with Gasteiger partial charge in [0.05, 0.1) is 17.1 Å². The van der Waals surface area contributed by atoms with Gasteiger partial charge >= 0.3 is 5.00 Å². The lowest BCUT2D eigenvalue weighted by atomic mass is 10.1. The fourth-order valence-corrected chi connectivity index (χ4v) is 1.72. The Bertz CT molecular complexity index is 364. The van der Waals surface area contributed by atoms with E-state index in [0.717, 1.165) is 11.3 Å². The number of aliphatic hydroxyl groups excluding tert-OH is 1. The SMILES string of the molecule is CN(c1ncc([N+](=O)[O-])s1)C(C)(C)CO. The van der Waals surface area contributed by atoms with E-state index in [2.05, 4.69) is 4.98 Å². The van der Waals surface area contributed by atoms with E-state index >= 15 is 0 Å². The number of rotatable bonds is 4. The molecule has 0 saturated heterocycles. The molecule has 84 valence electrons. The van der Waals surface area contributed by atoms with E-state index < -0.39 is 10.5 Å². The molecular formula is C8H13N3O3S. The van der Waals surface area contributed by atoms with Crippen LogP contribution >= 0.6 is 11.3 Å². The lowest BCUT2D eigenvalue weighted by molar-refractivity contribution is -0.380. The highest BCUT2D eigenvalue weighted by molar-refractivity contribution is 7.18. The third-order valence-corrected chi connectivity index (χ3v) is 3.27. The summed E-state index contributed by atoms with van der Waals surface area (Å²) < 4.78 is 0. The molecule has 0 aliphatic heterocycles. The quantitative estimate of drug-likeness (QED) is 0.623. The molecule has 0 radical (unpaired) electrons. The summed E-state index contributed by atoms with van der Waals surface area (Å²) in [6.07, 6.45) is 1.23. The van der Waals surface area contributed by atoms with Gasteiger partial charge in [-0.1, -0.05) is 0 Å².